The molecule has 166 valence electrons. The Morgan fingerprint density at radius 1 is 0.909 bits per heavy atom. The molecule has 33 heavy (non-hydrogen) atoms. The Hall–Kier alpha value is -3.93. The van der Waals surface area contributed by atoms with Gasteiger partial charge in [0, 0.05) is 48.9 Å². The molecule has 1 aromatic heterocycles. The molecule has 4 aromatic rings. The van der Waals surface area contributed by atoms with Crippen molar-refractivity contribution in [1.82, 2.24) is 9.88 Å². The normalized spacial score (nSPS) is 13.9. The van der Waals surface area contributed by atoms with E-state index in [0.717, 1.165) is 41.0 Å². The number of fused-ring (bicyclic) bond motifs is 1. The van der Waals surface area contributed by atoms with Gasteiger partial charge in [0.05, 0.1) is 23.9 Å². The van der Waals surface area contributed by atoms with Gasteiger partial charge >= 0.3 is 0 Å². The van der Waals surface area contributed by atoms with Crippen LogP contribution in [0.15, 0.2) is 78.9 Å². The number of aromatic nitrogens is 1. The molecule has 0 unspecified atom stereocenters. The summed E-state index contributed by atoms with van der Waals surface area (Å²) in [4.78, 5) is 22.5. The topological polar surface area (TPSA) is 45.7 Å². The van der Waals surface area contributed by atoms with Crippen LogP contribution in [0.25, 0.3) is 22.2 Å². The summed E-state index contributed by atoms with van der Waals surface area (Å²) in [5, 5.41) is 0.823. The van der Waals surface area contributed by atoms with E-state index in [1.807, 2.05) is 53.4 Å². The van der Waals surface area contributed by atoms with E-state index in [9.17, 15) is 9.18 Å². The number of halogens is 1. The number of anilines is 1. The summed E-state index contributed by atoms with van der Waals surface area (Å²) in [6, 6.07) is 23.7. The minimum Gasteiger partial charge on any atom is -0.497 e. The lowest BCUT2D eigenvalue weighted by molar-refractivity contribution is 0.0748. The summed E-state index contributed by atoms with van der Waals surface area (Å²) in [6.45, 7) is 2.73. The van der Waals surface area contributed by atoms with Crippen LogP contribution in [0.2, 0.25) is 0 Å². The van der Waals surface area contributed by atoms with E-state index in [1.165, 1.54) is 12.1 Å². The van der Waals surface area contributed by atoms with Crippen molar-refractivity contribution in [3.63, 3.8) is 0 Å². The highest BCUT2D eigenvalue weighted by molar-refractivity contribution is 6.07. The van der Waals surface area contributed by atoms with E-state index in [4.69, 9.17) is 9.72 Å². The quantitative estimate of drug-likeness (QED) is 0.447. The molecule has 0 N–H and O–H groups in total. The van der Waals surface area contributed by atoms with Gasteiger partial charge in [0.2, 0.25) is 0 Å². The van der Waals surface area contributed by atoms with Crippen molar-refractivity contribution >= 4 is 22.5 Å². The fraction of sp³-hybridized carbons (Fsp3) is 0.185. The van der Waals surface area contributed by atoms with Crippen LogP contribution in [0.4, 0.5) is 10.1 Å². The number of hydrogen-bond acceptors (Lipinski definition) is 4. The highest BCUT2D eigenvalue weighted by atomic mass is 19.1. The summed E-state index contributed by atoms with van der Waals surface area (Å²) >= 11 is 0. The molecule has 0 atom stereocenters. The zero-order valence-corrected chi connectivity index (χ0v) is 18.4. The summed E-state index contributed by atoms with van der Waals surface area (Å²) in [6.07, 6.45) is 0. The molecule has 0 saturated carbocycles. The molecule has 1 aliphatic rings. The number of carbonyl (C=O) groups excluding carboxylic acids is 1. The second-order valence-electron chi connectivity index (χ2n) is 8.06. The Labute approximate surface area is 192 Å². The Kier molecular flexibility index (Phi) is 5.65. The van der Waals surface area contributed by atoms with Crippen LogP contribution in [-0.2, 0) is 0 Å². The van der Waals surface area contributed by atoms with Crippen LogP contribution >= 0.6 is 0 Å². The molecule has 6 heteroatoms. The zero-order chi connectivity index (χ0) is 22.8. The van der Waals surface area contributed by atoms with E-state index in [-0.39, 0.29) is 11.7 Å². The summed E-state index contributed by atoms with van der Waals surface area (Å²) in [7, 11) is 1.66. The number of rotatable bonds is 4. The number of amides is 1. The largest absolute Gasteiger partial charge is 0.497 e. The second-order valence-corrected chi connectivity index (χ2v) is 8.06. The van der Waals surface area contributed by atoms with Crippen LogP contribution in [-0.4, -0.2) is 49.1 Å². The number of nitrogens with zero attached hydrogens (tertiary/aromatic N) is 3. The number of pyridine rings is 1. The monoisotopic (exact) mass is 441 g/mol. The SMILES string of the molecule is COc1cccc(N2CCN(C(=O)c3cc(-c4ccc(F)cc4)nc4ccccc34)CC2)c1. The maximum Gasteiger partial charge on any atom is 0.254 e. The number of ether oxygens (including phenoxy) is 1. The number of hydrogen-bond donors (Lipinski definition) is 0. The third-order valence-electron chi connectivity index (χ3n) is 6.07. The number of carbonyl (C=O) groups is 1. The van der Waals surface area contributed by atoms with Gasteiger partial charge in [0.25, 0.3) is 5.91 Å². The first-order valence-electron chi connectivity index (χ1n) is 11.0. The summed E-state index contributed by atoms with van der Waals surface area (Å²) in [5.41, 5.74) is 3.90. The molecule has 0 aliphatic carbocycles. The minimum absolute atomic E-state index is 0.0118. The van der Waals surface area contributed by atoms with Crippen LogP contribution < -0.4 is 9.64 Å². The molecule has 1 saturated heterocycles. The predicted octanol–water partition coefficient (Wildman–Crippen LogP) is 5.01. The number of piperazine rings is 1. The van der Waals surface area contributed by atoms with Gasteiger partial charge in [-0.2, -0.15) is 0 Å². The number of benzene rings is 3. The van der Waals surface area contributed by atoms with Crippen molar-refractivity contribution in [3.05, 3.63) is 90.2 Å². The molecule has 1 fully saturated rings. The maximum absolute atomic E-state index is 13.6. The summed E-state index contributed by atoms with van der Waals surface area (Å²) in [5.74, 6) is 0.509. The highest BCUT2D eigenvalue weighted by Gasteiger charge is 2.24. The predicted molar refractivity (Wildman–Crippen MR) is 128 cm³/mol. The van der Waals surface area contributed by atoms with E-state index < -0.39 is 0 Å². The molecule has 0 bridgehead atoms. The molecular weight excluding hydrogens is 417 g/mol. The second kappa shape index (κ2) is 8.90. The molecule has 5 nitrogen and oxygen atoms in total. The van der Waals surface area contributed by atoms with Gasteiger partial charge in [0.15, 0.2) is 0 Å². The Bertz CT molecular complexity index is 1300. The minimum atomic E-state index is -0.301. The Morgan fingerprint density at radius 2 is 1.67 bits per heavy atom. The van der Waals surface area contributed by atoms with Crippen molar-refractivity contribution < 1.29 is 13.9 Å². The van der Waals surface area contributed by atoms with Gasteiger partial charge in [-0.3, -0.25) is 4.79 Å². The third kappa shape index (κ3) is 4.24. The smallest absolute Gasteiger partial charge is 0.254 e. The highest BCUT2D eigenvalue weighted by Crippen LogP contribution is 2.27. The number of methoxy groups -OCH3 is 1. The average molecular weight is 442 g/mol. The lowest BCUT2D eigenvalue weighted by Crippen LogP contribution is -2.48. The fourth-order valence-corrected chi connectivity index (χ4v) is 4.27. The van der Waals surface area contributed by atoms with Crippen LogP contribution in [0.5, 0.6) is 5.75 Å². The van der Waals surface area contributed by atoms with Crippen LogP contribution in [0.1, 0.15) is 10.4 Å². The summed E-state index contributed by atoms with van der Waals surface area (Å²) < 4.78 is 18.8. The van der Waals surface area contributed by atoms with Crippen molar-refractivity contribution in [2.45, 2.75) is 0 Å². The molecule has 3 aromatic carbocycles. The van der Waals surface area contributed by atoms with Gasteiger partial charge in [-0.15, -0.1) is 0 Å². The van der Waals surface area contributed by atoms with E-state index in [1.54, 1.807) is 19.2 Å². The Morgan fingerprint density at radius 3 is 2.42 bits per heavy atom. The average Bonchev–Trinajstić information content (AvgIpc) is 2.88. The molecule has 5 rings (SSSR count). The third-order valence-corrected chi connectivity index (χ3v) is 6.07. The fourth-order valence-electron chi connectivity index (χ4n) is 4.27. The van der Waals surface area contributed by atoms with Gasteiger partial charge < -0.3 is 14.5 Å². The van der Waals surface area contributed by atoms with Crippen LogP contribution in [0.3, 0.4) is 0 Å². The molecule has 2 heterocycles. The lowest BCUT2D eigenvalue weighted by Gasteiger charge is -2.36. The molecule has 1 aliphatic heterocycles. The van der Waals surface area contributed by atoms with Gasteiger partial charge in [-0.1, -0.05) is 24.3 Å². The Balaban J connectivity index is 1.42. The first-order chi connectivity index (χ1) is 16.1. The molecule has 0 radical (unpaired) electrons. The van der Waals surface area contributed by atoms with Gasteiger partial charge in [0.1, 0.15) is 11.6 Å². The van der Waals surface area contributed by atoms with E-state index in [2.05, 4.69) is 11.0 Å². The van der Waals surface area contributed by atoms with Gasteiger partial charge in [-0.05, 0) is 48.5 Å². The maximum atomic E-state index is 13.6. The van der Waals surface area contributed by atoms with Crippen LogP contribution in [0, 0.1) is 5.82 Å². The standard InChI is InChI=1S/C27H24FN3O2/c1-33-22-6-4-5-21(17-22)30-13-15-31(16-14-30)27(32)24-18-26(19-9-11-20(28)12-10-19)29-25-8-3-2-7-23(24)25/h2-12,17-18H,13-16H2,1H3. The molecular formula is C27H24FN3O2. The van der Waals surface area contributed by atoms with Gasteiger partial charge in [-0.25, -0.2) is 9.37 Å². The molecule has 1 amide bonds. The van der Waals surface area contributed by atoms with E-state index in [0.29, 0.717) is 24.3 Å². The van der Waals surface area contributed by atoms with E-state index >= 15 is 0 Å². The lowest BCUT2D eigenvalue weighted by atomic mass is 10.0. The van der Waals surface area contributed by atoms with Crippen molar-refractivity contribution in [2.24, 2.45) is 0 Å². The van der Waals surface area contributed by atoms with Crippen molar-refractivity contribution in [3.8, 4) is 17.0 Å². The van der Waals surface area contributed by atoms with Crippen molar-refractivity contribution in [1.29, 1.82) is 0 Å². The number of para-hydroxylation sites is 1. The zero-order valence-electron chi connectivity index (χ0n) is 18.4. The van der Waals surface area contributed by atoms with Crippen molar-refractivity contribution in [2.75, 3.05) is 38.2 Å². The molecule has 0 spiro atoms. The first kappa shape index (κ1) is 20.9. The first-order valence-corrected chi connectivity index (χ1v) is 11.0.